The summed E-state index contributed by atoms with van der Waals surface area (Å²) in [4.78, 5) is 29.9. The zero-order valence-corrected chi connectivity index (χ0v) is 17.1. The number of pyridine rings is 1. The van der Waals surface area contributed by atoms with Crippen LogP contribution in [0.1, 0.15) is 10.4 Å². The number of carbonyl (C=O) groups is 1. The topological polar surface area (TPSA) is 74.7 Å². The molecule has 152 valence electrons. The second-order valence-electron chi connectivity index (χ2n) is 7.42. The average Bonchev–Trinajstić information content (AvgIpc) is 3.33. The molecule has 7 nitrogen and oxygen atoms in total. The van der Waals surface area contributed by atoms with Crippen molar-refractivity contribution in [3.05, 3.63) is 89.8 Å². The van der Waals surface area contributed by atoms with Crippen LogP contribution in [-0.4, -0.2) is 29.7 Å². The Bertz CT molecular complexity index is 1570. The van der Waals surface area contributed by atoms with Crippen molar-refractivity contribution in [2.45, 2.75) is 0 Å². The highest BCUT2D eigenvalue weighted by Gasteiger charge is 2.16. The van der Waals surface area contributed by atoms with Crippen LogP contribution in [0.25, 0.3) is 38.8 Å². The smallest absolute Gasteiger partial charge is 0.295 e. The van der Waals surface area contributed by atoms with E-state index in [1.165, 1.54) is 6.08 Å². The maximum Gasteiger partial charge on any atom is 0.333 e. The van der Waals surface area contributed by atoms with Crippen molar-refractivity contribution in [3.63, 3.8) is 0 Å². The first-order valence-electron chi connectivity index (χ1n) is 9.74. The molecule has 0 aliphatic rings. The molecule has 0 unspecified atom stereocenters. The van der Waals surface area contributed by atoms with E-state index in [0.717, 1.165) is 27.5 Å². The molecule has 0 aliphatic carbocycles. The third kappa shape index (κ3) is 2.90. The predicted octanol–water partition coefficient (Wildman–Crippen LogP) is 3.65. The van der Waals surface area contributed by atoms with Gasteiger partial charge < -0.3 is 0 Å². The molecule has 3 heterocycles. The van der Waals surface area contributed by atoms with Gasteiger partial charge in [-0.25, -0.2) is 4.79 Å². The van der Waals surface area contributed by atoms with Gasteiger partial charge in [-0.1, -0.05) is 18.7 Å². The van der Waals surface area contributed by atoms with Crippen molar-refractivity contribution in [1.82, 2.24) is 23.9 Å². The molecular formula is C24H19N5O2. The number of allylic oxidation sites excluding steroid dienone is 1. The summed E-state index contributed by atoms with van der Waals surface area (Å²) in [6, 6.07) is 13.0. The Morgan fingerprint density at radius 3 is 2.65 bits per heavy atom. The fourth-order valence-corrected chi connectivity index (χ4v) is 3.91. The summed E-state index contributed by atoms with van der Waals surface area (Å²) >= 11 is 0. The van der Waals surface area contributed by atoms with Gasteiger partial charge in [-0.2, -0.15) is 5.10 Å². The molecule has 0 N–H and O–H groups in total. The molecule has 0 spiro atoms. The molecule has 0 saturated heterocycles. The lowest BCUT2D eigenvalue weighted by Crippen LogP contribution is -2.21. The van der Waals surface area contributed by atoms with Crippen molar-refractivity contribution >= 4 is 27.6 Å². The zero-order chi connectivity index (χ0) is 21.7. The van der Waals surface area contributed by atoms with E-state index in [4.69, 9.17) is 0 Å². The van der Waals surface area contributed by atoms with Crippen LogP contribution in [0.15, 0.2) is 78.5 Å². The number of carbonyl (C=O) groups excluding carboxylic acids is 1. The van der Waals surface area contributed by atoms with Crippen molar-refractivity contribution < 1.29 is 4.79 Å². The SMILES string of the molecule is C=CC(=O)c1ccc2c(c1)n(-c1cccc3cc(-c4cnn(C)c4)ncc13)c(=O)n2C. The second-order valence-corrected chi connectivity index (χ2v) is 7.42. The zero-order valence-electron chi connectivity index (χ0n) is 17.1. The lowest BCUT2D eigenvalue weighted by molar-refractivity contribution is 0.104. The van der Waals surface area contributed by atoms with Gasteiger partial charge in [0.15, 0.2) is 5.78 Å². The van der Waals surface area contributed by atoms with E-state index in [0.29, 0.717) is 16.8 Å². The first kappa shape index (κ1) is 18.7. The van der Waals surface area contributed by atoms with E-state index in [9.17, 15) is 9.59 Å². The molecule has 5 rings (SSSR count). The summed E-state index contributed by atoms with van der Waals surface area (Å²) in [5, 5.41) is 6.00. The van der Waals surface area contributed by atoms with Gasteiger partial charge in [0.25, 0.3) is 0 Å². The second kappa shape index (κ2) is 6.91. The van der Waals surface area contributed by atoms with Gasteiger partial charge in [0.05, 0.1) is 28.6 Å². The van der Waals surface area contributed by atoms with Crippen molar-refractivity contribution in [1.29, 1.82) is 0 Å². The highest BCUT2D eigenvalue weighted by molar-refractivity contribution is 6.06. The summed E-state index contributed by atoms with van der Waals surface area (Å²) in [6.07, 6.45) is 6.72. The number of benzene rings is 2. The molecular weight excluding hydrogens is 390 g/mol. The molecule has 0 atom stereocenters. The van der Waals surface area contributed by atoms with E-state index < -0.39 is 0 Å². The van der Waals surface area contributed by atoms with Gasteiger partial charge >= 0.3 is 5.69 Å². The third-order valence-corrected chi connectivity index (χ3v) is 5.51. The van der Waals surface area contributed by atoms with E-state index in [1.807, 2.05) is 37.5 Å². The number of ketones is 1. The first-order chi connectivity index (χ1) is 15.0. The highest BCUT2D eigenvalue weighted by Crippen LogP contribution is 2.28. The fourth-order valence-electron chi connectivity index (χ4n) is 3.91. The number of nitrogens with zero attached hydrogens (tertiary/aromatic N) is 5. The van der Waals surface area contributed by atoms with Crippen LogP contribution < -0.4 is 5.69 Å². The van der Waals surface area contributed by atoms with E-state index in [2.05, 4.69) is 16.7 Å². The minimum atomic E-state index is -0.193. The van der Waals surface area contributed by atoms with Gasteiger partial charge in [0, 0.05) is 43.0 Å². The number of hydrogen-bond donors (Lipinski definition) is 0. The predicted molar refractivity (Wildman–Crippen MR) is 121 cm³/mol. The molecule has 7 heteroatoms. The number of fused-ring (bicyclic) bond motifs is 2. The third-order valence-electron chi connectivity index (χ3n) is 5.51. The number of rotatable bonds is 4. The van der Waals surface area contributed by atoms with E-state index >= 15 is 0 Å². The normalized spacial score (nSPS) is 11.3. The Labute approximate surface area is 177 Å². The number of aryl methyl sites for hydroxylation is 2. The molecule has 0 fully saturated rings. The minimum Gasteiger partial charge on any atom is -0.295 e. The van der Waals surface area contributed by atoms with Gasteiger partial charge in [-0.3, -0.25) is 23.6 Å². The lowest BCUT2D eigenvalue weighted by Gasteiger charge is -2.09. The summed E-state index contributed by atoms with van der Waals surface area (Å²) in [5.74, 6) is -0.189. The van der Waals surface area contributed by atoms with Gasteiger partial charge in [0.2, 0.25) is 0 Å². The summed E-state index contributed by atoms with van der Waals surface area (Å²) in [5.41, 5.74) is 4.13. The molecule has 0 amide bonds. The van der Waals surface area contributed by atoms with Crippen LogP contribution in [-0.2, 0) is 14.1 Å². The molecule has 5 aromatic rings. The largest absolute Gasteiger partial charge is 0.333 e. The standard InChI is InChI=1S/C24H19N5O2/c1-4-23(30)16-8-9-21-22(11-16)29(24(31)28(21)3)20-7-5-6-15-10-19(25-13-18(15)20)17-12-26-27(2)14-17/h4-14H,1H2,2-3H3. The summed E-state index contributed by atoms with van der Waals surface area (Å²) in [6.45, 7) is 3.56. The van der Waals surface area contributed by atoms with Gasteiger partial charge in [0.1, 0.15) is 0 Å². The van der Waals surface area contributed by atoms with Crippen molar-refractivity contribution in [2.75, 3.05) is 0 Å². The lowest BCUT2D eigenvalue weighted by atomic mass is 10.1. The summed E-state index contributed by atoms with van der Waals surface area (Å²) in [7, 11) is 3.58. The van der Waals surface area contributed by atoms with Crippen molar-refractivity contribution in [2.24, 2.45) is 14.1 Å². The van der Waals surface area contributed by atoms with Crippen LogP contribution in [0.2, 0.25) is 0 Å². The Morgan fingerprint density at radius 1 is 1.06 bits per heavy atom. The average molecular weight is 409 g/mol. The quantitative estimate of drug-likeness (QED) is 0.335. The van der Waals surface area contributed by atoms with E-state index in [-0.39, 0.29) is 11.5 Å². The Hall–Kier alpha value is -4.26. The maximum atomic E-state index is 13.2. The summed E-state index contributed by atoms with van der Waals surface area (Å²) < 4.78 is 4.94. The van der Waals surface area contributed by atoms with Gasteiger partial charge in [-0.05, 0) is 41.8 Å². The molecule has 0 bridgehead atoms. The van der Waals surface area contributed by atoms with Crippen LogP contribution in [0, 0.1) is 0 Å². The fraction of sp³-hybridized carbons (Fsp3) is 0.0833. The first-order valence-corrected chi connectivity index (χ1v) is 9.74. The van der Waals surface area contributed by atoms with Crippen LogP contribution >= 0.6 is 0 Å². The number of imidazole rings is 1. The maximum absolute atomic E-state index is 13.2. The minimum absolute atomic E-state index is 0.189. The highest BCUT2D eigenvalue weighted by atomic mass is 16.1. The molecule has 3 aromatic heterocycles. The molecule has 0 saturated carbocycles. The molecule has 31 heavy (non-hydrogen) atoms. The van der Waals surface area contributed by atoms with Gasteiger partial charge in [-0.15, -0.1) is 0 Å². The molecule has 0 aliphatic heterocycles. The van der Waals surface area contributed by atoms with Crippen molar-refractivity contribution in [3.8, 4) is 16.9 Å². The molecule has 2 aromatic carbocycles. The number of hydrogen-bond acceptors (Lipinski definition) is 4. The monoisotopic (exact) mass is 409 g/mol. The Kier molecular flexibility index (Phi) is 4.18. The Morgan fingerprint density at radius 2 is 1.90 bits per heavy atom. The van der Waals surface area contributed by atoms with Crippen LogP contribution in [0.4, 0.5) is 0 Å². The van der Waals surface area contributed by atoms with E-state index in [1.54, 1.807) is 51.5 Å². The van der Waals surface area contributed by atoms with Crippen LogP contribution in [0.5, 0.6) is 0 Å². The van der Waals surface area contributed by atoms with Crippen LogP contribution in [0.3, 0.4) is 0 Å². The Balaban J connectivity index is 1.77. The molecule has 0 radical (unpaired) electrons. The number of aromatic nitrogens is 5.